The maximum atomic E-state index is 13.2. The molecule has 3 aromatic carbocycles. The second-order valence-electron chi connectivity index (χ2n) is 6.77. The first-order chi connectivity index (χ1) is 15.6. The SMILES string of the molecule is CC(OC(=O)c1ccccc1NS(=O)(=O)c1ccc(F)cc1)C(=O)Nc1ccc(F)cc1Cl. The van der Waals surface area contributed by atoms with Crippen molar-refractivity contribution in [3.05, 3.63) is 89.0 Å². The highest BCUT2D eigenvalue weighted by molar-refractivity contribution is 7.92. The van der Waals surface area contributed by atoms with Crippen molar-refractivity contribution in [1.82, 2.24) is 0 Å². The normalized spacial score (nSPS) is 12.0. The molecule has 0 aromatic heterocycles. The van der Waals surface area contributed by atoms with E-state index < -0.39 is 39.6 Å². The molecule has 0 radical (unpaired) electrons. The van der Waals surface area contributed by atoms with E-state index in [9.17, 15) is 26.8 Å². The Balaban J connectivity index is 1.74. The van der Waals surface area contributed by atoms with E-state index in [2.05, 4.69) is 10.0 Å². The summed E-state index contributed by atoms with van der Waals surface area (Å²) >= 11 is 5.87. The average molecular weight is 495 g/mol. The van der Waals surface area contributed by atoms with Crippen LogP contribution < -0.4 is 10.0 Å². The number of amides is 1. The first-order valence-corrected chi connectivity index (χ1v) is 11.3. The van der Waals surface area contributed by atoms with Gasteiger partial charge in [-0.05, 0) is 61.5 Å². The zero-order valence-electron chi connectivity index (χ0n) is 17.0. The van der Waals surface area contributed by atoms with Crippen molar-refractivity contribution in [2.75, 3.05) is 10.0 Å². The van der Waals surface area contributed by atoms with E-state index in [1.54, 1.807) is 0 Å². The van der Waals surface area contributed by atoms with E-state index >= 15 is 0 Å². The van der Waals surface area contributed by atoms with Gasteiger partial charge in [0.15, 0.2) is 6.10 Å². The van der Waals surface area contributed by atoms with Crippen LogP contribution >= 0.6 is 11.6 Å². The number of ether oxygens (including phenoxy) is 1. The number of esters is 1. The molecule has 11 heteroatoms. The molecule has 33 heavy (non-hydrogen) atoms. The number of halogens is 3. The van der Waals surface area contributed by atoms with Crippen molar-refractivity contribution in [3.8, 4) is 0 Å². The number of para-hydroxylation sites is 1. The molecule has 0 bridgehead atoms. The Labute approximate surface area is 193 Å². The van der Waals surface area contributed by atoms with Gasteiger partial charge in [-0.2, -0.15) is 0 Å². The molecular formula is C22H17ClF2N2O5S. The molecule has 0 saturated heterocycles. The first kappa shape index (κ1) is 24.1. The van der Waals surface area contributed by atoms with Crippen molar-refractivity contribution < 1.29 is 31.5 Å². The van der Waals surface area contributed by atoms with Crippen LogP contribution in [0.4, 0.5) is 20.2 Å². The molecule has 0 fully saturated rings. The summed E-state index contributed by atoms with van der Waals surface area (Å²) in [6.45, 7) is 1.30. The van der Waals surface area contributed by atoms with E-state index in [0.717, 1.165) is 36.4 Å². The molecule has 3 aromatic rings. The highest BCUT2D eigenvalue weighted by Gasteiger charge is 2.23. The molecule has 0 heterocycles. The van der Waals surface area contributed by atoms with Gasteiger partial charge in [-0.15, -0.1) is 0 Å². The molecule has 0 aliphatic rings. The van der Waals surface area contributed by atoms with E-state index in [1.165, 1.54) is 37.3 Å². The summed E-state index contributed by atoms with van der Waals surface area (Å²) < 4.78 is 58.8. The Morgan fingerprint density at radius 1 is 0.939 bits per heavy atom. The van der Waals surface area contributed by atoms with Gasteiger partial charge in [0.25, 0.3) is 15.9 Å². The molecule has 0 aliphatic carbocycles. The lowest BCUT2D eigenvalue weighted by atomic mass is 10.2. The van der Waals surface area contributed by atoms with Crippen molar-refractivity contribution in [1.29, 1.82) is 0 Å². The van der Waals surface area contributed by atoms with E-state index in [1.807, 2.05) is 0 Å². The molecular weight excluding hydrogens is 478 g/mol. The standard InChI is InChI=1S/C22H17ClF2N2O5S/c1-13(21(28)26-20-11-8-15(25)12-18(20)23)32-22(29)17-4-2-3-5-19(17)27-33(30,31)16-9-6-14(24)7-10-16/h2-13,27H,1H3,(H,26,28). The Hall–Kier alpha value is -3.50. The summed E-state index contributed by atoms with van der Waals surface area (Å²) in [5.41, 5.74) is -0.123. The Morgan fingerprint density at radius 2 is 1.58 bits per heavy atom. The van der Waals surface area contributed by atoms with Gasteiger partial charge < -0.3 is 10.1 Å². The minimum atomic E-state index is -4.13. The molecule has 172 valence electrons. The summed E-state index contributed by atoms with van der Waals surface area (Å²) in [6, 6.07) is 13.1. The van der Waals surface area contributed by atoms with Crippen LogP contribution in [-0.2, 0) is 19.6 Å². The second-order valence-corrected chi connectivity index (χ2v) is 8.86. The van der Waals surface area contributed by atoms with Crippen LogP contribution in [0.3, 0.4) is 0 Å². The number of anilines is 2. The van der Waals surface area contributed by atoms with Gasteiger partial charge in [0.2, 0.25) is 0 Å². The third-order valence-electron chi connectivity index (χ3n) is 4.36. The quantitative estimate of drug-likeness (QED) is 0.467. The Bertz CT molecular complexity index is 1300. The molecule has 1 amide bonds. The molecule has 1 atom stereocenters. The largest absolute Gasteiger partial charge is 0.449 e. The topological polar surface area (TPSA) is 102 Å². The van der Waals surface area contributed by atoms with Crippen LogP contribution in [0.2, 0.25) is 5.02 Å². The van der Waals surface area contributed by atoms with Crippen molar-refractivity contribution in [3.63, 3.8) is 0 Å². The highest BCUT2D eigenvalue weighted by atomic mass is 35.5. The Kier molecular flexibility index (Phi) is 7.29. The fourth-order valence-electron chi connectivity index (χ4n) is 2.67. The first-order valence-electron chi connectivity index (χ1n) is 9.41. The van der Waals surface area contributed by atoms with Gasteiger partial charge >= 0.3 is 5.97 Å². The Morgan fingerprint density at radius 3 is 2.24 bits per heavy atom. The maximum absolute atomic E-state index is 13.2. The van der Waals surface area contributed by atoms with Crippen LogP contribution in [0.5, 0.6) is 0 Å². The number of nitrogens with one attached hydrogen (secondary N) is 2. The third kappa shape index (κ3) is 6.05. The predicted octanol–water partition coefficient (Wildman–Crippen LogP) is 4.60. The minimum absolute atomic E-state index is 0.0394. The number of hydrogen-bond donors (Lipinski definition) is 2. The van der Waals surface area contributed by atoms with Crippen LogP contribution in [0, 0.1) is 11.6 Å². The van der Waals surface area contributed by atoms with Crippen LogP contribution in [0.25, 0.3) is 0 Å². The number of sulfonamides is 1. The van der Waals surface area contributed by atoms with E-state index in [4.69, 9.17) is 16.3 Å². The summed E-state index contributed by atoms with van der Waals surface area (Å²) in [5, 5.41) is 2.38. The zero-order valence-corrected chi connectivity index (χ0v) is 18.6. The lowest BCUT2D eigenvalue weighted by Gasteiger charge is -2.16. The van der Waals surface area contributed by atoms with Crippen LogP contribution in [0.15, 0.2) is 71.6 Å². The fraction of sp³-hybridized carbons (Fsp3) is 0.0909. The van der Waals surface area contributed by atoms with Crippen molar-refractivity contribution in [2.24, 2.45) is 0 Å². The zero-order chi connectivity index (χ0) is 24.2. The summed E-state index contributed by atoms with van der Waals surface area (Å²) in [4.78, 5) is 24.8. The molecule has 0 spiro atoms. The molecule has 2 N–H and O–H groups in total. The monoisotopic (exact) mass is 494 g/mol. The average Bonchev–Trinajstić information content (AvgIpc) is 2.76. The van der Waals surface area contributed by atoms with E-state index in [-0.39, 0.29) is 26.9 Å². The van der Waals surface area contributed by atoms with Gasteiger partial charge in [-0.1, -0.05) is 23.7 Å². The number of carbonyl (C=O) groups excluding carboxylic acids is 2. The second kappa shape index (κ2) is 9.97. The van der Waals surface area contributed by atoms with Crippen molar-refractivity contribution in [2.45, 2.75) is 17.9 Å². The fourth-order valence-corrected chi connectivity index (χ4v) is 3.96. The molecule has 7 nitrogen and oxygen atoms in total. The number of benzene rings is 3. The predicted molar refractivity (Wildman–Crippen MR) is 119 cm³/mol. The van der Waals surface area contributed by atoms with Gasteiger partial charge in [0.05, 0.1) is 26.9 Å². The van der Waals surface area contributed by atoms with Crippen LogP contribution in [-0.4, -0.2) is 26.4 Å². The summed E-state index contributed by atoms with van der Waals surface area (Å²) in [5.74, 6) is -2.90. The van der Waals surface area contributed by atoms with E-state index in [0.29, 0.717) is 0 Å². The minimum Gasteiger partial charge on any atom is -0.449 e. The molecule has 1 unspecified atom stereocenters. The summed E-state index contributed by atoms with van der Waals surface area (Å²) in [6.07, 6.45) is -1.29. The maximum Gasteiger partial charge on any atom is 0.341 e. The van der Waals surface area contributed by atoms with Crippen LogP contribution in [0.1, 0.15) is 17.3 Å². The summed E-state index contributed by atoms with van der Waals surface area (Å²) in [7, 11) is -4.13. The smallest absolute Gasteiger partial charge is 0.341 e. The highest BCUT2D eigenvalue weighted by Crippen LogP contribution is 2.24. The molecule has 3 rings (SSSR count). The lowest BCUT2D eigenvalue weighted by molar-refractivity contribution is -0.123. The number of hydrogen-bond acceptors (Lipinski definition) is 5. The molecule has 0 saturated carbocycles. The third-order valence-corrected chi connectivity index (χ3v) is 6.05. The van der Waals surface area contributed by atoms with Gasteiger partial charge in [-0.25, -0.2) is 22.0 Å². The van der Waals surface area contributed by atoms with Gasteiger partial charge in [0, 0.05) is 0 Å². The van der Waals surface area contributed by atoms with Gasteiger partial charge in [-0.3, -0.25) is 9.52 Å². The van der Waals surface area contributed by atoms with Gasteiger partial charge in [0.1, 0.15) is 11.6 Å². The lowest BCUT2D eigenvalue weighted by Crippen LogP contribution is -2.30. The number of rotatable bonds is 7. The van der Waals surface area contributed by atoms with Crippen molar-refractivity contribution >= 4 is 44.9 Å². The molecule has 0 aliphatic heterocycles. The number of carbonyl (C=O) groups is 2.